The van der Waals surface area contributed by atoms with Gasteiger partial charge in [0.25, 0.3) is 0 Å². The fourth-order valence-electron chi connectivity index (χ4n) is 2.93. The summed E-state index contributed by atoms with van der Waals surface area (Å²) in [5.41, 5.74) is 4.49. The lowest BCUT2D eigenvalue weighted by Crippen LogP contribution is -1.94. The average Bonchev–Trinajstić information content (AvgIpc) is 3.11. The van der Waals surface area contributed by atoms with Crippen molar-refractivity contribution in [2.75, 3.05) is 12.4 Å². The fraction of sp³-hybridized carbons (Fsp3) is 0.111. The van der Waals surface area contributed by atoms with E-state index in [4.69, 9.17) is 16.3 Å². The van der Waals surface area contributed by atoms with Crippen molar-refractivity contribution in [1.29, 1.82) is 0 Å². The molecule has 110 valence electrons. The lowest BCUT2D eigenvalue weighted by molar-refractivity contribution is 0.415. The molecule has 1 aliphatic rings. The first-order chi connectivity index (χ1) is 10.8. The molecule has 0 bridgehead atoms. The molecule has 4 heteroatoms. The Bertz CT molecular complexity index is 878. The van der Waals surface area contributed by atoms with Gasteiger partial charge in [0.2, 0.25) is 0 Å². The monoisotopic (exact) mass is 310 g/mol. The summed E-state index contributed by atoms with van der Waals surface area (Å²) in [6.07, 6.45) is 4.31. The Labute approximate surface area is 133 Å². The minimum Gasteiger partial charge on any atom is -0.497 e. The smallest absolute Gasteiger partial charge is 0.119 e. The van der Waals surface area contributed by atoms with E-state index >= 15 is 0 Å². The van der Waals surface area contributed by atoms with E-state index in [1.54, 1.807) is 7.11 Å². The first kappa shape index (κ1) is 13.3. The molecule has 2 heterocycles. The van der Waals surface area contributed by atoms with Crippen LogP contribution in [0, 0.1) is 0 Å². The Morgan fingerprint density at radius 3 is 2.73 bits per heavy atom. The van der Waals surface area contributed by atoms with Crippen LogP contribution in [0.2, 0.25) is 5.02 Å². The summed E-state index contributed by atoms with van der Waals surface area (Å²) in [4.78, 5) is 0. The van der Waals surface area contributed by atoms with Gasteiger partial charge in [-0.15, -0.1) is 0 Å². The quantitative estimate of drug-likeness (QED) is 0.730. The SMILES string of the molecule is COc1ccc(Nc2c3n(c4cc(Cl)ccc24)CC=C3)cc1. The number of methoxy groups -OCH3 is 1. The number of ether oxygens (including phenoxy) is 1. The molecule has 0 fully saturated rings. The maximum Gasteiger partial charge on any atom is 0.119 e. The molecule has 4 rings (SSSR count). The Morgan fingerprint density at radius 1 is 1.14 bits per heavy atom. The van der Waals surface area contributed by atoms with Crippen molar-refractivity contribution in [2.45, 2.75) is 6.54 Å². The highest BCUT2D eigenvalue weighted by Gasteiger charge is 2.18. The number of aromatic nitrogens is 1. The van der Waals surface area contributed by atoms with Gasteiger partial charge in [0.05, 0.1) is 24.0 Å². The summed E-state index contributed by atoms with van der Waals surface area (Å²) in [6.45, 7) is 0.885. The van der Waals surface area contributed by atoms with Gasteiger partial charge in [0, 0.05) is 22.6 Å². The lowest BCUT2D eigenvalue weighted by atomic mass is 10.2. The zero-order chi connectivity index (χ0) is 15.1. The number of nitrogens with zero attached hydrogens (tertiary/aromatic N) is 1. The molecule has 1 aliphatic heterocycles. The molecular formula is C18H15ClN2O. The Balaban J connectivity index is 1.82. The number of benzene rings is 2. The molecule has 0 amide bonds. The summed E-state index contributed by atoms with van der Waals surface area (Å²) in [5.74, 6) is 0.851. The van der Waals surface area contributed by atoms with Crippen LogP contribution in [0.4, 0.5) is 11.4 Å². The molecule has 0 atom stereocenters. The number of anilines is 2. The fourth-order valence-corrected chi connectivity index (χ4v) is 3.10. The first-order valence-corrected chi connectivity index (χ1v) is 7.53. The van der Waals surface area contributed by atoms with Gasteiger partial charge in [0.1, 0.15) is 5.75 Å². The zero-order valence-corrected chi connectivity index (χ0v) is 12.9. The summed E-state index contributed by atoms with van der Waals surface area (Å²) < 4.78 is 7.47. The molecule has 1 N–H and O–H groups in total. The van der Waals surface area contributed by atoms with E-state index in [1.165, 1.54) is 11.1 Å². The predicted octanol–water partition coefficient (Wildman–Crippen LogP) is 5.07. The minimum atomic E-state index is 0.760. The molecule has 1 aromatic heterocycles. The minimum absolute atomic E-state index is 0.760. The predicted molar refractivity (Wildman–Crippen MR) is 92.3 cm³/mol. The number of nitrogens with one attached hydrogen (secondary N) is 1. The molecule has 0 spiro atoms. The topological polar surface area (TPSA) is 26.2 Å². The standard InChI is InChI=1S/C18H15ClN2O/c1-22-14-7-5-13(6-8-14)20-18-15-9-4-12(19)11-17(15)21-10-2-3-16(18)21/h2-9,11,20H,10H2,1H3. The van der Waals surface area contributed by atoms with Gasteiger partial charge in [-0.05, 0) is 48.5 Å². The number of fused-ring (bicyclic) bond motifs is 3. The second kappa shape index (κ2) is 5.11. The average molecular weight is 311 g/mol. The molecule has 0 saturated carbocycles. The third-order valence-corrected chi connectivity index (χ3v) is 4.23. The Hall–Kier alpha value is -2.39. The van der Waals surface area contributed by atoms with E-state index in [9.17, 15) is 0 Å². The van der Waals surface area contributed by atoms with Crippen LogP contribution >= 0.6 is 11.6 Å². The summed E-state index contributed by atoms with van der Waals surface area (Å²) >= 11 is 6.16. The van der Waals surface area contributed by atoms with Crippen LogP contribution in [-0.2, 0) is 6.54 Å². The molecule has 0 aliphatic carbocycles. The lowest BCUT2D eigenvalue weighted by Gasteiger charge is -2.08. The second-order valence-electron chi connectivity index (χ2n) is 5.29. The maximum atomic E-state index is 6.16. The summed E-state index contributed by atoms with van der Waals surface area (Å²) in [5, 5.41) is 5.47. The van der Waals surface area contributed by atoms with E-state index in [-0.39, 0.29) is 0 Å². The molecule has 0 saturated heterocycles. The zero-order valence-electron chi connectivity index (χ0n) is 12.1. The van der Waals surface area contributed by atoms with Crippen molar-refractivity contribution in [3.05, 3.63) is 59.3 Å². The van der Waals surface area contributed by atoms with Gasteiger partial charge >= 0.3 is 0 Å². The molecule has 3 nitrogen and oxygen atoms in total. The van der Waals surface area contributed by atoms with Crippen LogP contribution in [0.15, 0.2) is 48.5 Å². The third kappa shape index (κ3) is 2.06. The van der Waals surface area contributed by atoms with Crippen LogP contribution in [0.5, 0.6) is 5.75 Å². The van der Waals surface area contributed by atoms with Gasteiger partial charge in [-0.2, -0.15) is 0 Å². The van der Waals surface area contributed by atoms with Gasteiger partial charge in [-0.1, -0.05) is 17.7 Å². The highest BCUT2D eigenvalue weighted by Crippen LogP contribution is 2.37. The summed E-state index contributed by atoms with van der Waals surface area (Å²) in [7, 11) is 1.67. The van der Waals surface area contributed by atoms with E-state index in [0.29, 0.717) is 0 Å². The van der Waals surface area contributed by atoms with Crippen molar-refractivity contribution in [3.63, 3.8) is 0 Å². The molecule has 0 unspecified atom stereocenters. The number of allylic oxidation sites excluding steroid dienone is 1. The third-order valence-electron chi connectivity index (χ3n) is 3.99. The molecular weight excluding hydrogens is 296 g/mol. The summed E-state index contributed by atoms with van der Waals surface area (Å²) in [6, 6.07) is 14.0. The van der Waals surface area contributed by atoms with Gasteiger partial charge < -0.3 is 14.6 Å². The number of hydrogen-bond acceptors (Lipinski definition) is 2. The van der Waals surface area contributed by atoms with E-state index in [1.807, 2.05) is 36.4 Å². The molecule has 0 radical (unpaired) electrons. The number of rotatable bonds is 3. The molecule has 2 aromatic carbocycles. The van der Waals surface area contributed by atoms with Crippen molar-refractivity contribution in [2.24, 2.45) is 0 Å². The van der Waals surface area contributed by atoms with Gasteiger partial charge in [0.15, 0.2) is 0 Å². The molecule has 22 heavy (non-hydrogen) atoms. The Morgan fingerprint density at radius 2 is 1.95 bits per heavy atom. The van der Waals surface area contributed by atoms with Crippen LogP contribution in [-0.4, -0.2) is 11.7 Å². The van der Waals surface area contributed by atoms with Crippen molar-refractivity contribution in [1.82, 2.24) is 4.57 Å². The van der Waals surface area contributed by atoms with E-state index < -0.39 is 0 Å². The second-order valence-corrected chi connectivity index (χ2v) is 5.72. The van der Waals surface area contributed by atoms with E-state index in [0.717, 1.165) is 34.2 Å². The van der Waals surface area contributed by atoms with Gasteiger partial charge in [-0.25, -0.2) is 0 Å². The van der Waals surface area contributed by atoms with Gasteiger partial charge in [-0.3, -0.25) is 0 Å². The normalized spacial score (nSPS) is 12.6. The van der Waals surface area contributed by atoms with Crippen LogP contribution in [0.25, 0.3) is 17.0 Å². The first-order valence-electron chi connectivity index (χ1n) is 7.15. The van der Waals surface area contributed by atoms with Crippen LogP contribution in [0.1, 0.15) is 5.69 Å². The number of hydrogen-bond donors (Lipinski definition) is 1. The highest BCUT2D eigenvalue weighted by atomic mass is 35.5. The maximum absolute atomic E-state index is 6.16. The van der Waals surface area contributed by atoms with Crippen LogP contribution < -0.4 is 10.1 Å². The Kier molecular flexibility index (Phi) is 3.09. The van der Waals surface area contributed by atoms with E-state index in [2.05, 4.69) is 28.1 Å². The van der Waals surface area contributed by atoms with Crippen molar-refractivity contribution < 1.29 is 4.74 Å². The number of halogens is 1. The molecule has 3 aromatic rings. The highest BCUT2D eigenvalue weighted by molar-refractivity contribution is 6.31. The van der Waals surface area contributed by atoms with Crippen molar-refractivity contribution in [3.8, 4) is 5.75 Å². The van der Waals surface area contributed by atoms with Crippen molar-refractivity contribution >= 4 is 40.0 Å². The van der Waals surface area contributed by atoms with Crippen LogP contribution in [0.3, 0.4) is 0 Å². The largest absolute Gasteiger partial charge is 0.497 e.